The summed E-state index contributed by atoms with van der Waals surface area (Å²) in [6, 6.07) is 6.04. The van der Waals surface area contributed by atoms with Crippen LogP contribution < -0.4 is 0 Å². The van der Waals surface area contributed by atoms with E-state index < -0.39 is 0 Å². The van der Waals surface area contributed by atoms with Gasteiger partial charge in [0, 0.05) is 23.3 Å². The van der Waals surface area contributed by atoms with Crippen LogP contribution in [0.5, 0.6) is 0 Å². The van der Waals surface area contributed by atoms with Crippen LogP contribution in [0, 0.1) is 5.41 Å². The van der Waals surface area contributed by atoms with Gasteiger partial charge in [0.1, 0.15) is 5.78 Å². The van der Waals surface area contributed by atoms with Crippen LogP contribution in [-0.2, 0) is 11.2 Å². The standard InChI is InChI=1S/C15H15ClO/c1-10-12-3-2-4-14(16)13(12)9-15(10)7-5-11(17)6-8-15/h2-4H,1,5-9H2. The molecular weight excluding hydrogens is 232 g/mol. The third-order valence-corrected chi connectivity index (χ3v) is 4.72. The zero-order valence-corrected chi connectivity index (χ0v) is 10.5. The van der Waals surface area contributed by atoms with Crippen LogP contribution in [0.3, 0.4) is 0 Å². The van der Waals surface area contributed by atoms with E-state index >= 15 is 0 Å². The Bertz CT molecular complexity index is 506. The molecule has 1 spiro atoms. The molecule has 17 heavy (non-hydrogen) atoms. The number of hydrogen-bond acceptors (Lipinski definition) is 1. The summed E-state index contributed by atoms with van der Waals surface area (Å²) in [5.41, 5.74) is 3.75. The van der Waals surface area contributed by atoms with Gasteiger partial charge in [-0.25, -0.2) is 0 Å². The maximum Gasteiger partial charge on any atom is 0.132 e. The van der Waals surface area contributed by atoms with E-state index in [2.05, 4.69) is 12.6 Å². The van der Waals surface area contributed by atoms with Gasteiger partial charge in [0.25, 0.3) is 0 Å². The van der Waals surface area contributed by atoms with Gasteiger partial charge in [0.15, 0.2) is 0 Å². The first kappa shape index (κ1) is 11.0. The van der Waals surface area contributed by atoms with Gasteiger partial charge in [-0.1, -0.05) is 30.3 Å². The molecule has 2 heteroatoms. The third-order valence-electron chi connectivity index (χ3n) is 4.36. The number of carbonyl (C=O) groups is 1. The largest absolute Gasteiger partial charge is 0.300 e. The highest BCUT2D eigenvalue weighted by Gasteiger charge is 2.43. The second-order valence-electron chi connectivity index (χ2n) is 5.24. The summed E-state index contributed by atoms with van der Waals surface area (Å²) in [5, 5.41) is 0.845. The highest BCUT2D eigenvalue weighted by Crippen LogP contribution is 2.54. The Morgan fingerprint density at radius 1 is 1.24 bits per heavy atom. The molecule has 1 aromatic rings. The molecular formula is C15H15ClO. The van der Waals surface area contributed by atoms with Gasteiger partial charge in [0.05, 0.1) is 0 Å². The van der Waals surface area contributed by atoms with Crippen LogP contribution in [-0.4, -0.2) is 5.78 Å². The van der Waals surface area contributed by atoms with Crippen LogP contribution in [0.4, 0.5) is 0 Å². The van der Waals surface area contributed by atoms with Gasteiger partial charge < -0.3 is 0 Å². The van der Waals surface area contributed by atoms with Crippen molar-refractivity contribution >= 4 is 23.0 Å². The zero-order valence-electron chi connectivity index (χ0n) is 9.76. The average molecular weight is 247 g/mol. The maximum atomic E-state index is 11.4. The van der Waals surface area contributed by atoms with Crippen molar-refractivity contribution in [1.82, 2.24) is 0 Å². The smallest absolute Gasteiger partial charge is 0.132 e. The number of rotatable bonds is 0. The molecule has 0 atom stereocenters. The minimum Gasteiger partial charge on any atom is -0.300 e. The van der Waals surface area contributed by atoms with E-state index in [4.69, 9.17) is 11.6 Å². The van der Waals surface area contributed by atoms with Gasteiger partial charge in [0.2, 0.25) is 0 Å². The second kappa shape index (κ2) is 3.71. The zero-order chi connectivity index (χ0) is 12.0. The van der Waals surface area contributed by atoms with Crippen LogP contribution in [0.25, 0.3) is 5.57 Å². The summed E-state index contributed by atoms with van der Waals surface area (Å²) >= 11 is 6.26. The Balaban J connectivity index is 2.01. The van der Waals surface area contributed by atoms with Crippen molar-refractivity contribution in [2.75, 3.05) is 0 Å². The SMILES string of the molecule is C=C1c2cccc(Cl)c2CC12CCC(=O)CC2. The van der Waals surface area contributed by atoms with E-state index in [1.165, 1.54) is 16.7 Å². The predicted molar refractivity (Wildman–Crippen MR) is 70.1 cm³/mol. The maximum absolute atomic E-state index is 11.4. The van der Waals surface area contributed by atoms with Crippen LogP contribution >= 0.6 is 11.6 Å². The van der Waals surface area contributed by atoms with Gasteiger partial charge >= 0.3 is 0 Å². The number of carbonyl (C=O) groups excluding carboxylic acids is 1. The predicted octanol–water partition coefficient (Wildman–Crippen LogP) is 4.04. The molecule has 1 aromatic carbocycles. The Morgan fingerprint density at radius 2 is 1.94 bits per heavy atom. The normalized spacial score (nSPS) is 21.9. The molecule has 1 fully saturated rings. The molecule has 0 aliphatic heterocycles. The molecule has 0 amide bonds. The molecule has 3 rings (SSSR count). The van der Waals surface area contributed by atoms with Crippen molar-refractivity contribution < 1.29 is 4.79 Å². The molecule has 0 heterocycles. The number of Topliss-reactive ketones (excluding diaryl/α,β-unsaturated/α-hetero) is 1. The number of benzene rings is 1. The van der Waals surface area contributed by atoms with Gasteiger partial charge in [-0.2, -0.15) is 0 Å². The molecule has 0 unspecified atom stereocenters. The minimum atomic E-state index is 0.112. The molecule has 88 valence electrons. The van der Waals surface area contributed by atoms with E-state index in [-0.39, 0.29) is 5.41 Å². The first-order chi connectivity index (χ1) is 8.12. The number of halogens is 1. The lowest BCUT2D eigenvalue weighted by molar-refractivity contribution is -0.121. The van der Waals surface area contributed by atoms with Gasteiger partial charge in [-0.05, 0) is 42.0 Å². The van der Waals surface area contributed by atoms with Crippen LogP contribution in [0.2, 0.25) is 5.02 Å². The second-order valence-corrected chi connectivity index (χ2v) is 5.65. The molecule has 2 aliphatic rings. The fourth-order valence-electron chi connectivity index (χ4n) is 3.24. The lowest BCUT2D eigenvalue weighted by Gasteiger charge is -2.34. The molecule has 0 N–H and O–H groups in total. The topological polar surface area (TPSA) is 17.1 Å². The monoisotopic (exact) mass is 246 g/mol. The van der Waals surface area contributed by atoms with E-state index in [0.29, 0.717) is 18.6 Å². The average Bonchev–Trinajstić information content (AvgIpc) is 2.60. The molecule has 1 nitrogen and oxygen atoms in total. The number of hydrogen-bond donors (Lipinski definition) is 0. The highest BCUT2D eigenvalue weighted by atomic mass is 35.5. The van der Waals surface area contributed by atoms with Crippen molar-refractivity contribution in [3.05, 3.63) is 40.9 Å². The summed E-state index contributed by atoms with van der Waals surface area (Å²) in [5.74, 6) is 0.394. The molecule has 0 radical (unpaired) electrons. The molecule has 0 bridgehead atoms. The Labute approximate surface area is 106 Å². The Morgan fingerprint density at radius 3 is 2.59 bits per heavy atom. The van der Waals surface area contributed by atoms with E-state index in [9.17, 15) is 4.79 Å². The molecule has 1 saturated carbocycles. The van der Waals surface area contributed by atoms with Crippen molar-refractivity contribution in [2.24, 2.45) is 5.41 Å². The van der Waals surface area contributed by atoms with Gasteiger partial charge in [-0.15, -0.1) is 0 Å². The lowest BCUT2D eigenvalue weighted by atomic mass is 9.69. The van der Waals surface area contributed by atoms with Crippen molar-refractivity contribution in [3.8, 4) is 0 Å². The minimum absolute atomic E-state index is 0.112. The summed E-state index contributed by atoms with van der Waals surface area (Å²) < 4.78 is 0. The first-order valence-electron chi connectivity index (χ1n) is 6.11. The summed E-state index contributed by atoms with van der Waals surface area (Å²) in [6.45, 7) is 4.27. The number of fused-ring (bicyclic) bond motifs is 1. The fraction of sp³-hybridized carbons (Fsp3) is 0.400. The summed E-state index contributed by atoms with van der Waals surface area (Å²) in [6.07, 6.45) is 4.24. The quantitative estimate of drug-likeness (QED) is 0.675. The van der Waals surface area contributed by atoms with E-state index in [1.54, 1.807) is 0 Å². The first-order valence-corrected chi connectivity index (χ1v) is 6.49. The Hall–Kier alpha value is -1.08. The summed E-state index contributed by atoms with van der Waals surface area (Å²) in [4.78, 5) is 11.4. The molecule has 0 aromatic heterocycles. The lowest BCUT2D eigenvalue weighted by Crippen LogP contribution is -2.27. The fourth-order valence-corrected chi connectivity index (χ4v) is 3.48. The number of allylic oxidation sites excluding steroid dienone is 1. The van der Waals surface area contributed by atoms with E-state index in [1.807, 2.05) is 12.1 Å². The van der Waals surface area contributed by atoms with Crippen LogP contribution in [0.1, 0.15) is 36.8 Å². The van der Waals surface area contributed by atoms with Crippen molar-refractivity contribution in [1.29, 1.82) is 0 Å². The summed E-state index contributed by atoms with van der Waals surface area (Å²) in [7, 11) is 0. The van der Waals surface area contributed by atoms with Gasteiger partial charge in [-0.3, -0.25) is 4.79 Å². The third kappa shape index (κ3) is 1.56. The number of ketones is 1. The highest BCUT2D eigenvalue weighted by molar-refractivity contribution is 6.31. The van der Waals surface area contributed by atoms with Crippen molar-refractivity contribution in [2.45, 2.75) is 32.1 Å². The van der Waals surface area contributed by atoms with E-state index in [0.717, 1.165) is 24.3 Å². The Kier molecular flexibility index (Phi) is 2.41. The molecule has 0 saturated heterocycles. The molecule has 2 aliphatic carbocycles. The van der Waals surface area contributed by atoms with Crippen LogP contribution in [0.15, 0.2) is 24.8 Å². The van der Waals surface area contributed by atoms with Crippen molar-refractivity contribution in [3.63, 3.8) is 0 Å².